The molecular formula is C14H29N3O3. The maximum Gasteiger partial charge on any atom is 0.326 e. The maximum absolute atomic E-state index is 11.6. The predicted molar refractivity (Wildman–Crippen MR) is 79.9 cm³/mol. The van der Waals surface area contributed by atoms with Crippen molar-refractivity contribution in [2.24, 2.45) is 0 Å². The molecule has 0 heterocycles. The van der Waals surface area contributed by atoms with Gasteiger partial charge in [0.2, 0.25) is 0 Å². The number of carboxylic acid groups (broad SMARTS) is 1. The highest BCUT2D eigenvalue weighted by Crippen LogP contribution is 2.00. The Balaban J connectivity index is 3.87. The topological polar surface area (TPSA) is 81.7 Å². The largest absolute Gasteiger partial charge is 0.480 e. The van der Waals surface area contributed by atoms with Crippen molar-refractivity contribution >= 4 is 12.0 Å². The number of amides is 2. The van der Waals surface area contributed by atoms with Gasteiger partial charge in [0.25, 0.3) is 0 Å². The van der Waals surface area contributed by atoms with Crippen LogP contribution in [0.4, 0.5) is 4.79 Å². The van der Waals surface area contributed by atoms with Crippen molar-refractivity contribution in [2.45, 2.75) is 52.5 Å². The zero-order valence-electron chi connectivity index (χ0n) is 12.9. The number of nitrogens with one attached hydrogen (secondary N) is 2. The monoisotopic (exact) mass is 287 g/mol. The minimum Gasteiger partial charge on any atom is -0.480 e. The molecule has 0 bridgehead atoms. The van der Waals surface area contributed by atoms with Crippen LogP contribution in [0.5, 0.6) is 0 Å². The smallest absolute Gasteiger partial charge is 0.326 e. The van der Waals surface area contributed by atoms with Crippen molar-refractivity contribution in [1.29, 1.82) is 0 Å². The third-order valence-corrected chi connectivity index (χ3v) is 3.28. The van der Waals surface area contributed by atoms with Crippen molar-refractivity contribution in [3.8, 4) is 0 Å². The lowest BCUT2D eigenvalue weighted by molar-refractivity contribution is -0.139. The summed E-state index contributed by atoms with van der Waals surface area (Å²) >= 11 is 0. The molecule has 6 heteroatoms. The van der Waals surface area contributed by atoms with E-state index in [4.69, 9.17) is 5.11 Å². The van der Waals surface area contributed by atoms with E-state index in [9.17, 15) is 9.59 Å². The lowest BCUT2D eigenvalue weighted by Crippen LogP contribution is -2.46. The Morgan fingerprint density at radius 1 is 1.15 bits per heavy atom. The summed E-state index contributed by atoms with van der Waals surface area (Å²) in [5.41, 5.74) is 0. The lowest BCUT2D eigenvalue weighted by Gasteiger charge is -2.18. The SMILES string of the molecule is CCCCC(NC(=O)NCCCN(CC)CC)C(=O)O. The fourth-order valence-electron chi connectivity index (χ4n) is 1.92. The third kappa shape index (κ3) is 8.74. The predicted octanol–water partition coefficient (Wildman–Crippen LogP) is 1.66. The van der Waals surface area contributed by atoms with Crippen LogP contribution in [0.25, 0.3) is 0 Å². The Bertz CT molecular complexity index is 281. The van der Waals surface area contributed by atoms with Crippen LogP contribution in [0, 0.1) is 0 Å². The van der Waals surface area contributed by atoms with Gasteiger partial charge < -0.3 is 20.6 Å². The van der Waals surface area contributed by atoms with E-state index in [-0.39, 0.29) is 0 Å². The molecule has 0 aliphatic carbocycles. The highest BCUT2D eigenvalue weighted by molar-refractivity contribution is 5.82. The molecule has 0 fully saturated rings. The third-order valence-electron chi connectivity index (χ3n) is 3.28. The van der Waals surface area contributed by atoms with E-state index >= 15 is 0 Å². The van der Waals surface area contributed by atoms with E-state index in [0.29, 0.717) is 13.0 Å². The van der Waals surface area contributed by atoms with Crippen LogP contribution >= 0.6 is 0 Å². The number of hydrogen-bond acceptors (Lipinski definition) is 3. The molecule has 0 aliphatic heterocycles. The fourth-order valence-corrected chi connectivity index (χ4v) is 1.92. The second-order valence-corrected chi connectivity index (χ2v) is 4.81. The van der Waals surface area contributed by atoms with E-state index < -0.39 is 18.0 Å². The summed E-state index contributed by atoms with van der Waals surface area (Å²) in [4.78, 5) is 24.9. The number of unbranched alkanes of at least 4 members (excludes halogenated alkanes) is 1. The summed E-state index contributed by atoms with van der Waals surface area (Å²) in [7, 11) is 0. The summed E-state index contributed by atoms with van der Waals surface area (Å²) < 4.78 is 0. The summed E-state index contributed by atoms with van der Waals surface area (Å²) in [6.07, 6.45) is 3.04. The average molecular weight is 287 g/mol. The number of aliphatic carboxylic acids is 1. The van der Waals surface area contributed by atoms with Gasteiger partial charge in [0.15, 0.2) is 0 Å². The first-order valence-electron chi connectivity index (χ1n) is 7.54. The quantitative estimate of drug-likeness (QED) is 0.505. The Kier molecular flexibility index (Phi) is 10.8. The van der Waals surface area contributed by atoms with Gasteiger partial charge in [-0.25, -0.2) is 9.59 Å². The second kappa shape index (κ2) is 11.5. The highest BCUT2D eigenvalue weighted by Gasteiger charge is 2.18. The number of nitrogens with zero attached hydrogens (tertiary/aromatic N) is 1. The van der Waals surface area contributed by atoms with Gasteiger partial charge in [-0.1, -0.05) is 33.6 Å². The normalized spacial score (nSPS) is 12.2. The van der Waals surface area contributed by atoms with E-state index in [1.54, 1.807) is 0 Å². The molecule has 0 aromatic heterocycles. The minimum absolute atomic E-state index is 0.395. The Hall–Kier alpha value is -1.30. The second-order valence-electron chi connectivity index (χ2n) is 4.81. The van der Waals surface area contributed by atoms with Gasteiger partial charge in [0, 0.05) is 6.54 Å². The van der Waals surface area contributed by atoms with E-state index in [1.165, 1.54) is 0 Å². The average Bonchev–Trinajstić information content (AvgIpc) is 2.43. The van der Waals surface area contributed by atoms with Crippen molar-refractivity contribution in [3.63, 3.8) is 0 Å². The number of rotatable bonds is 11. The molecule has 0 radical (unpaired) electrons. The van der Waals surface area contributed by atoms with Crippen LogP contribution in [0.15, 0.2) is 0 Å². The first-order valence-corrected chi connectivity index (χ1v) is 7.54. The number of carboxylic acids is 1. The van der Waals surface area contributed by atoms with E-state index in [0.717, 1.165) is 38.9 Å². The van der Waals surface area contributed by atoms with E-state index in [2.05, 4.69) is 29.4 Å². The molecular weight excluding hydrogens is 258 g/mol. The van der Waals surface area contributed by atoms with E-state index in [1.807, 2.05) is 6.92 Å². The van der Waals surface area contributed by atoms with Crippen LogP contribution < -0.4 is 10.6 Å². The van der Waals surface area contributed by atoms with Crippen LogP contribution in [-0.4, -0.2) is 54.2 Å². The lowest BCUT2D eigenvalue weighted by atomic mass is 10.1. The maximum atomic E-state index is 11.6. The molecule has 0 spiro atoms. The zero-order chi connectivity index (χ0) is 15.4. The van der Waals surface area contributed by atoms with Gasteiger partial charge in [0.1, 0.15) is 6.04 Å². The van der Waals surface area contributed by atoms with Gasteiger partial charge in [-0.3, -0.25) is 0 Å². The van der Waals surface area contributed by atoms with Crippen LogP contribution in [0.1, 0.15) is 46.5 Å². The van der Waals surface area contributed by atoms with Crippen LogP contribution in [-0.2, 0) is 4.79 Å². The Morgan fingerprint density at radius 2 is 1.80 bits per heavy atom. The van der Waals surface area contributed by atoms with Gasteiger partial charge in [-0.05, 0) is 32.5 Å². The Labute approximate surface area is 121 Å². The van der Waals surface area contributed by atoms with Gasteiger partial charge in [0.05, 0.1) is 0 Å². The molecule has 0 aliphatic rings. The summed E-state index contributed by atoms with van der Waals surface area (Å²) in [6, 6.07) is -1.19. The molecule has 0 saturated heterocycles. The molecule has 2 amide bonds. The fraction of sp³-hybridized carbons (Fsp3) is 0.857. The summed E-state index contributed by atoms with van der Waals surface area (Å²) in [5, 5.41) is 14.2. The molecule has 20 heavy (non-hydrogen) atoms. The molecule has 3 N–H and O–H groups in total. The van der Waals surface area contributed by atoms with Crippen LogP contribution in [0.2, 0.25) is 0 Å². The number of hydrogen-bond donors (Lipinski definition) is 3. The molecule has 0 rings (SSSR count). The van der Waals surface area contributed by atoms with Crippen molar-refractivity contribution in [3.05, 3.63) is 0 Å². The molecule has 0 saturated carbocycles. The van der Waals surface area contributed by atoms with Gasteiger partial charge >= 0.3 is 12.0 Å². The first kappa shape index (κ1) is 18.7. The molecule has 1 atom stereocenters. The molecule has 0 aromatic carbocycles. The van der Waals surface area contributed by atoms with Gasteiger partial charge in [-0.2, -0.15) is 0 Å². The van der Waals surface area contributed by atoms with Gasteiger partial charge in [-0.15, -0.1) is 0 Å². The zero-order valence-corrected chi connectivity index (χ0v) is 12.9. The Morgan fingerprint density at radius 3 is 2.30 bits per heavy atom. The molecule has 0 aromatic rings. The van der Waals surface area contributed by atoms with Crippen molar-refractivity contribution in [1.82, 2.24) is 15.5 Å². The molecule has 1 unspecified atom stereocenters. The highest BCUT2D eigenvalue weighted by atomic mass is 16.4. The molecule has 118 valence electrons. The first-order chi connectivity index (χ1) is 9.54. The van der Waals surface area contributed by atoms with Crippen molar-refractivity contribution < 1.29 is 14.7 Å². The van der Waals surface area contributed by atoms with Crippen LogP contribution in [0.3, 0.4) is 0 Å². The number of urea groups is 1. The minimum atomic E-state index is -0.975. The van der Waals surface area contributed by atoms with Crippen molar-refractivity contribution in [2.75, 3.05) is 26.2 Å². The molecule has 6 nitrogen and oxygen atoms in total. The summed E-state index contributed by atoms with van der Waals surface area (Å²) in [5.74, 6) is -0.975. The number of carbonyl (C=O) groups excluding carboxylic acids is 1. The summed E-state index contributed by atoms with van der Waals surface area (Å²) in [6.45, 7) is 9.70. The standard InChI is InChI=1S/C14H29N3O3/c1-4-7-9-12(13(18)19)16-14(20)15-10-8-11-17(5-2)6-3/h12H,4-11H2,1-3H3,(H,18,19)(H2,15,16,20). The number of carbonyl (C=O) groups is 2.